The molecule has 0 unspecified atom stereocenters. The Bertz CT molecular complexity index is 1190. The normalized spacial score (nSPS) is 23.1. The van der Waals surface area contributed by atoms with Crippen LogP contribution < -0.4 is 5.32 Å². The average Bonchev–Trinajstić information content (AvgIpc) is 3.29. The van der Waals surface area contributed by atoms with Gasteiger partial charge in [0.15, 0.2) is 0 Å². The molecule has 5 rings (SSSR count). The fourth-order valence-electron chi connectivity index (χ4n) is 5.61. The highest BCUT2D eigenvalue weighted by Gasteiger charge is 2.50. The molecule has 0 saturated carbocycles. The quantitative estimate of drug-likeness (QED) is 0.672. The molecule has 2 saturated heterocycles. The number of nitrogens with zero attached hydrogens (tertiary/aromatic N) is 2. The van der Waals surface area contributed by atoms with Crippen LogP contribution in [0.5, 0.6) is 0 Å². The van der Waals surface area contributed by atoms with Crippen molar-refractivity contribution < 1.29 is 14.0 Å². The Morgan fingerprint density at radius 2 is 2.03 bits per heavy atom. The predicted octanol–water partition coefficient (Wildman–Crippen LogP) is 4.14. The fraction of sp³-hybridized carbons (Fsp3) is 0.385. The summed E-state index contributed by atoms with van der Waals surface area (Å²) in [4.78, 5) is 27.4. The Morgan fingerprint density at radius 1 is 1.19 bits per heavy atom. The first-order valence-electron chi connectivity index (χ1n) is 11.3. The lowest BCUT2D eigenvalue weighted by Gasteiger charge is -2.39. The monoisotopic (exact) mass is 433 g/mol. The topological polar surface area (TPSA) is 54.3 Å². The van der Waals surface area contributed by atoms with Crippen LogP contribution in [0.1, 0.15) is 42.9 Å². The van der Waals surface area contributed by atoms with Crippen LogP contribution in [0.3, 0.4) is 0 Å². The van der Waals surface area contributed by atoms with E-state index < -0.39 is 5.54 Å². The van der Waals surface area contributed by atoms with Gasteiger partial charge < -0.3 is 14.8 Å². The molecule has 0 aliphatic carbocycles. The summed E-state index contributed by atoms with van der Waals surface area (Å²) in [5.41, 5.74) is 2.59. The van der Waals surface area contributed by atoms with E-state index in [0.717, 1.165) is 29.6 Å². The number of fused-ring (bicyclic) bond motifs is 1. The van der Waals surface area contributed by atoms with Gasteiger partial charge in [-0.1, -0.05) is 30.3 Å². The van der Waals surface area contributed by atoms with Crippen molar-refractivity contribution in [1.29, 1.82) is 0 Å². The Labute approximate surface area is 187 Å². The molecule has 1 aromatic heterocycles. The molecule has 32 heavy (non-hydrogen) atoms. The Balaban J connectivity index is 1.37. The van der Waals surface area contributed by atoms with Crippen LogP contribution in [0.25, 0.3) is 10.9 Å². The van der Waals surface area contributed by atoms with Gasteiger partial charge in [-0.15, -0.1) is 0 Å². The number of benzene rings is 2. The number of likely N-dealkylation sites (tertiary alicyclic amines) is 1. The molecule has 2 atom stereocenters. The molecule has 0 bridgehead atoms. The zero-order valence-corrected chi connectivity index (χ0v) is 18.3. The van der Waals surface area contributed by atoms with Gasteiger partial charge in [0.2, 0.25) is 11.8 Å². The lowest BCUT2D eigenvalue weighted by atomic mass is 9.76. The van der Waals surface area contributed by atoms with Crippen LogP contribution in [-0.2, 0) is 16.1 Å². The summed E-state index contributed by atoms with van der Waals surface area (Å²) in [5, 5.41) is 4.36. The smallest absolute Gasteiger partial charge is 0.224 e. The number of hydrogen-bond acceptors (Lipinski definition) is 2. The number of hydrogen-bond donors (Lipinski definition) is 1. The first-order valence-corrected chi connectivity index (χ1v) is 11.3. The molecule has 1 spiro atoms. The molecule has 2 fully saturated rings. The maximum Gasteiger partial charge on any atom is 0.224 e. The van der Waals surface area contributed by atoms with Crippen LogP contribution in [0.4, 0.5) is 4.39 Å². The summed E-state index contributed by atoms with van der Waals surface area (Å²) in [5.74, 6) is -0.318. The summed E-state index contributed by atoms with van der Waals surface area (Å²) in [6.45, 7) is 3.64. The number of aromatic nitrogens is 1. The average molecular weight is 434 g/mol. The van der Waals surface area contributed by atoms with Crippen LogP contribution in [0.15, 0.2) is 54.6 Å². The SMILES string of the molecule is Cc1cc2ccccc2n1CCC(=O)N1C[C@@H](c2cccc(F)c2)[C@@]2(CCCC(=O)N2)C1. The number of aryl methyl sites for hydroxylation is 2. The van der Waals surface area contributed by atoms with E-state index in [-0.39, 0.29) is 23.5 Å². The van der Waals surface area contributed by atoms with Crippen molar-refractivity contribution >= 4 is 22.7 Å². The third kappa shape index (κ3) is 3.68. The number of piperidine rings is 1. The molecule has 1 N–H and O–H groups in total. The molecule has 3 heterocycles. The highest BCUT2D eigenvalue weighted by atomic mass is 19.1. The van der Waals surface area contributed by atoms with E-state index in [4.69, 9.17) is 0 Å². The molecular formula is C26H28FN3O2. The van der Waals surface area contributed by atoms with E-state index in [1.807, 2.05) is 23.1 Å². The van der Waals surface area contributed by atoms with Gasteiger partial charge in [0, 0.05) is 49.6 Å². The highest BCUT2D eigenvalue weighted by molar-refractivity contribution is 5.82. The van der Waals surface area contributed by atoms with Gasteiger partial charge in [0.05, 0.1) is 5.54 Å². The van der Waals surface area contributed by atoms with E-state index in [0.29, 0.717) is 32.5 Å². The minimum atomic E-state index is -0.519. The molecule has 2 aromatic carbocycles. The van der Waals surface area contributed by atoms with Crippen LogP contribution in [0, 0.1) is 12.7 Å². The molecule has 2 aliphatic rings. The first-order chi connectivity index (χ1) is 15.4. The minimum Gasteiger partial charge on any atom is -0.348 e. The molecule has 3 aromatic rings. The lowest BCUT2D eigenvalue weighted by Crippen LogP contribution is -2.56. The van der Waals surface area contributed by atoms with Crippen molar-refractivity contribution in [3.63, 3.8) is 0 Å². The maximum absolute atomic E-state index is 14.0. The van der Waals surface area contributed by atoms with Crippen molar-refractivity contribution in [2.45, 2.75) is 50.6 Å². The second-order valence-corrected chi connectivity index (χ2v) is 9.19. The van der Waals surface area contributed by atoms with Gasteiger partial charge in [-0.05, 0) is 55.0 Å². The largest absolute Gasteiger partial charge is 0.348 e. The van der Waals surface area contributed by atoms with Crippen LogP contribution in [-0.4, -0.2) is 39.9 Å². The van der Waals surface area contributed by atoms with Crippen molar-refractivity contribution in [1.82, 2.24) is 14.8 Å². The van der Waals surface area contributed by atoms with Crippen LogP contribution in [0.2, 0.25) is 0 Å². The van der Waals surface area contributed by atoms with E-state index in [1.165, 1.54) is 17.5 Å². The van der Waals surface area contributed by atoms with Gasteiger partial charge in [0.25, 0.3) is 0 Å². The Morgan fingerprint density at radius 3 is 2.84 bits per heavy atom. The molecule has 2 aliphatic heterocycles. The number of carbonyl (C=O) groups is 2. The number of carbonyl (C=O) groups excluding carboxylic acids is 2. The minimum absolute atomic E-state index is 0.0152. The number of rotatable bonds is 4. The summed E-state index contributed by atoms with van der Waals surface area (Å²) in [6, 6.07) is 16.9. The number of para-hydroxylation sites is 1. The van der Waals surface area contributed by atoms with Gasteiger partial charge in [-0.25, -0.2) is 4.39 Å². The van der Waals surface area contributed by atoms with E-state index in [1.54, 1.807) is 6.07 Å². The van der Waals surface area contributed by atoms with Gasteiger partial charge in [0.1, 0.15) is 5.82 Å². The van der Waals surface area contributed by atoms with Crippen LogP contribution >= 0.6 is 0 Å². The van der Waals surface area contributed by atoms with Gasteiger partial charge in [-0.2, -0.15) is 0 Å². The fourth-order valence-corrected chi connectivity index (χ4v) is 5.61. The lowest BCUT2D eigenvalue weighted by molar-refractivity contribution is -0.131. The predicted molar refractivity (Wildman–Crippen MR) is 122 cm³/mol. The third-order valence-corrected chi connectivity index (χ3v) is 7.13. The molecule has 166 valence electrons. The molecule has 5 nitrogen and oxygen atoms in total. The van der Waals surface area contributed by atoms with Crippen molar-refractivity contribution in [2.75, 3.05) is 13.1 Å². The van der Waals surface area contributed by atoms with Gasteiger partial charge >= 0.3 is 0 Å². The Kier molecular flexibility index (Phi) is 5.24. The third-order valence-electron chi connectivity index (χ3n) is 7.13. The number of nitrogens with one attached hydrogen (secondary N) is 1. The van der Waals surface area contributed by atoms with E-state index >= 15 is 0 Å². The highest BCUT2D eigenvalue weighted by Crippen LogP contribution is 2.41. The standard InChI is InChI=1S/C26H28FN3O2/c1-18-14-20-6-2-3-9-23(20)30(18)13-11-25(32)29-16-22(19-7-4-8-21(27)15-19)26(17-29)12-5-10-24(31)28-26/h2-4,6-9,14-15,22H,5,10-13,16-17H2,1H3,(H,28,31)/t22-,26+/m0/s1. The summed E-state index contributed by atoms with van der Waals surface area (Å²) in [7, 11) is 0. The van der Waals surface area contributed by atoms with E-state index in [9.17, 15) is 14.0 Å². The number of amides is 2. The van der Waals surface area contributed by atoms with Crippen molar-refractivity contribution in [2.24, 2.45) is 0 Å². The zero-order valence-electron chi connectivity index (χ0n) is 18.3. The van der Waals surface area contributed by atoms with E-state index in [2.05, 4.69) is 35.0 Å². The molecule has 2 amide bonds. The van der Waals surface area contributed by atoms with Crippen molar-refractivity contribution in [3.05, 3.63) is 71.7 Å². The summed E-state index contributed by atoms with van der Waals surface area (Å²) in [6.07, 6.45) is 2.48. The number of halogens is 1. The second kappa shape index (κ2) is 8.08. The van der Waals surface area contributed by atoms with Crippen molar-refractivity contribution in [3.8, 4) is 0 Å². The Hall–Kier alpha value is -3.15. The summed E-state index contributed by atoms with van der Waals surface area (Å²) >= 11 is 0. The first kappa shape index (κ1) is 20.7. The summed E-state index contributed by atoms with van der Waals surface area (Å²) < 4.78 is 16.2. The zero-order chi connectivity index (χ0) is 22.3. The molecule has 6 heteroatoms. The molecular weight excluding hydrogens is 405 g/mol. The maximum atomic E-state index is 14.0. The second-order valence-electron chi connectivity index (χ2n) is 9.19. The molecule has 0 radical (unpaired) electrons. The van der Waals surface area contributed by atoms with Gasteiger partial charge in [-0.3, -0.25) is 9.59 Å².